The smallest absolute Gasteiger partial charge is 0.260 e. The van der Waals surface area contributed by atoms with Crippen molar-refractivity contribution < 1.29 is 0 Å². The van der Waals surface area contributed by atoms with Crippen LogP contribution in [-0.2, 0) is 6.54 Å². The number of benzene rings is 1. The summed E-state index contributed by atoms with van der Waals surface area (Å²) in [5.41, 5.74) is 1.94. The van der Waals surface area contributed by atoms with Crippen molar-refractivity contribution in [2.75, 3.05) is 0 Å². The Morgan fingerprint density at radius 3 is 2.77 bits per heavy atom. The summed E-state index contributed by atoms with van der Waals surface area (Å²) in [6.45, 7) is 4.27. The summed E-state index contributed by atoms with van der Waals surface area (Å²) >= 11 is 6.26. The molecule has 4 heteroatoms. The Hall–Kier alpha value is -2.39. The molecule has 3 rings (SSSR count). The molecule has 3 nitrogen and oxygen atoms in total. The number of nitrogens with zero attached hydrogens (tertiary/aromatic N) is 2. The summed E-state index contributed by atoms with van der Waals surface area (Å²) in [5, 5.41) is 1.49. The van der Waals surface area contributed by atoms with Crippen molar-refractivity contribution in [1.82, 2.24) is 9.55 Å². The van der Waals surface area contributed by atoms with Crippen LogP contribution >= 0.6 is 11.6 Å². The minimum atomic E-state index is -0.0823. The highest BCUT2D eigenvalue weighted by Crippen LogP contribution is 2.27. The van der Waals surface area contributed by atoms with Gasteiger partial charge in [-0.05, 0) is 30.7 Å². The van der Waals surface area contributed by atoms with E-state index in [4.69, 9.17) is 11.6 Å². The Labute approximate surface area is 133 Å². The molecule has 0 bridgehead atoms. The maximum Gasteiger partial charge on any atom is 0.260 e. The molecule has 0 atom stereocenters. The minimum absolute atomic E-state index is 0.0823. The molecule has 0 amide bonds. The molecule has 0 N–H and O–H groups in total. The predicted octanol–water partition coefficient (Wildman–Crippen LogP) is 4.29. The van der Waals surface area contributed by atoms with Crippen LogP contribution in [0.25, 0.3) is 22.2 Å². The number of hydrogen-bond acceptors (Lipinski definition) is 2. The van der Waals surface area contributed by atoms with E-state index < -0.39 is 0 Å². The summed E-state index contributed by atoms with van der Waals surface area (Å²) in [7, 11) is 0. The van der Waals surface area contributed by atoms with E-state index in [2.05, 4.69) is 11.6 Å². The van der Waals surface area contributed by atoms with Crippen molar-refractivity contribution in [3.8, 4) is 11.1 Å². The molecule has 0 saturated heterocycles. The van der Waals surface area contributed by atoms with Gasteiger partial charge in [0.1, 0.15) is 5.65 Å². The van der Waals surface area contributed by atoms with Crippen molar-refractivity contribution in [1.29, 1.82) is 0 Å². The number of allylic oxidation sites excluding steroid dienone is 1. The van der Waals surface area contributed by atoms with Crippen LogP contribution in [-0.4, -0.2) is 9.55 Å². The van der Waals surface area contributed by atoms with Crippen LogP contribution in [0.4, 0.5) is 0 Å². The van der Waals surface area contributed by atoms with Crippen LogP contribution in [0.15, 0.2) is 66.1 Å². The predicted molar refractivity (Wildman–Crippen MR) is 91.3 cm³/mol. The number of rotatable bonds is 4. The standard InChI is InChI=1S/C18H15ClN2O/c1-2-3-11-21-17-13(7-6-10-20-17)12-15(18(21)22)14-8-4-5-9-16(14)19/h2,4-10,12H,1,3,11H2. The first-order chi connectivity index (χ1) is 10.7. The fourth-order valence-electron chi connectivity index (χ4n) is 2.51. The molecule has 2 aromatic heterocycles. The van der Waals surface area contributed by atoms with Gasteiger partial charge in [-0.15, -0.1) is 6.58 Å². The van der Waals surface area contributed by atoms with Gasteiger partial charge in [-0.3, -0.25) is 9.36 Å². The van der Waals surface area contributed by atoms with Crippen molar-refractivity contribution in [3.63, 3.8) is 0 Å². The van der Waals surface area contributed by atoms with E-state index >= 15 is 0 Å². The largest absolute Gasteiger partial charge is 0.292 e. The minimum Gasteiger partial charge on any atom is -0.292 e. The van der Waals surface area contributed by atoms with Crippen LogP contribution in [0.3, 0.4) is 0 Å². The third-order valence-electron chi connectivity index (χ3n) is 3.57. The molecule has 2 heterocycles. The number of halogens is 1. The van der Waals surface area contributed by atoms with E-state index in [-0.39, 0.29) is 5.56 Å². The van der Waals surface area contributed by atoms with Crippen molar-refractivity contribution in [2.45, 2.75) is 13.0 Å². The second-order valence-electron chi connectivity index (χ2n) is 4.99. The van der Waals surface area contributed by atoms with Crippen molar-refractivity contribution >= 4 is 22.6 Å². The molecule has 0 aliphatic heterocycles. The van der Waals surface area contributed by atoms with Crippen LogP contribution in [0.2, 0.25) is 5.02 Å². The van der Waals surface area contributed by atoms with E-state index in [0.29, 0.717) is 29.2 Å². The topological polar surface area (TPSA) is 34.9 Å². The number of pyridine rings is 2. The second kappa shape index (κ2) is 6.16. The maximum absolute atomic E-state index is 12.9. The lowest BCUT2D eigenvalue weighted by atomic mass is 10.1. The molecule has 3 aromatic rings. The van der Waals surface area contributed by atoms with Crippen LogP contribution in [0, 0.1) is 0 Å². The lowest BCUT2D eigenvalue weighted by molar-refractivity contribution is 0.703. The quantitative estimate of drug-likeness (QED) is 0.674. The fourth-order valence-corrected chi connectivity index (χ4v) is 2.74. The Kier molecular flexibility index (Phi) is 4.07. The molecule has 0 spiro atoms. The molecule has 22 heavy (non-hydrogen) atoms. The van der Waals surface area contributed by atoms with Crippen molar-refractivity contribution in [2.24, 2.45) is 0 Å². The van der Waals surface area contributed by atoms with Gasteiger partial charge in [0.25, 0.3) is 5.56 Å². The summed E-state index contributed by atoms with van der Waals surface area (Å²) in [5.74, 6) is 0. The zero-order valence-corrected chi connectivity index (χ0v) is 12.8. The van der Waals surface area contributed by atoms with Crippen LogP contribution < -0.4 is 5.56 Å². The molecule has 0 aliphatic carbocycles. The van der Waals surface area contributed by atoms with Gasteiger partial charge in [-0.25, -0.2) is 4.98 Å². The molecular weight excluding hydrogens is 296 g/mol. The van der Waals surface area contributed by atoms with Gasteiger partial charge in [-0.1, -0.05) is 35.9 Å². The zero-order valence-electron chi connectivity index (χ0n) is 12.0. The molecule has 0 radical (unpaired) electrons. The Morgan fingerprint density at radius 2 is 2.00 bits per heavy atom. The van der Waals surface area contributed by atoms with Crippen LogP contribution in [0.5, 0.6) is 0 Å². The number of aromatic nitrogens is 2. The van der Waals surface area contributed by atoms with E-state index in [1.807, 2.05) is 36.4 Å². The lowest BCUT2D eigenvalue weighted by Gasteiger charge is -2.12. The van der Waals surface area contributed by atoms with E-state index in [9.17, 15) is 4.79 Å². The number of hydrogen-bond donors (Lipinski definition) is 0. The van der Waals surface area contributed by atoms with E-state index in [1.165, 1.54) is 0 Å². The monoisotopic (exact) mass is 310 g/mol. The van der Waals surface area contributed by atoms with Gasteiger partial charge < -0.3 is 0 Å². The average Bonchev–Trinajstić information content (AvgIpc) is 2.54. The fraction of sp³-hybridized carbons (Fsp3) is 0.111. The molecule has 0 aliphatic rings. The summed E-state index contributed by atoms with van der Waals surface area (Å²) < 4.78 is 1.69. The third kappa shape index (κ3) is 2.55. The summed E-state index contributed by atoms with van der Waals surface area (Å²) in [4.78, 5) is 17.2. The molecular formula is C18H15ClN2O. The van der Waals surface area contributed by atoms with E-state index in [0.717, 1.165) is 10.9 Å². The Morgan fingerprint density at radius 1 is 1.18 bits per heavy atom. The summed E-state index contributed by atoms with van der Waals surface area (Å²) in [6, 6.07) is 13.0. The van der Waals surface area contributed by atoms with Gasteiger partial charge in [0.05, 0.1) is 0 Å². The van der Waals surface area contributed by atoms with Gasteiger partial charge in [-0.2, -0.15) is 0 Å². The molecule has 110 valence electrons. The van der Waals surface area contributed by atoms with Gasteiger partial charge >= 0.3 is 0 Å². The number of aryl methyl sites for hydroxylation is 1. The first kappa shape index (κ1) is 14.5. The first-order valence-electron chi connectivity index (χ1n) is 7.06. The molecule has 1 aromatic carbocycles. The van der Waals surface area contributed by atoms with Gasteiger partial charge in [0.15, 0.2) is 0 Å². The SMILES string of the molecule is C=CCCn1c(=O)c(-c2ccccc2Cl)cc2cccnc21. The Bertz CT molecular complexity index is 899. The highest BCUT2D eigenvalue weighted by atomic mass is 35.5. The first-order valence-corrected chi connectivity index (χ1v) is 7.44. The molecule has 0 saturated carbocycles. The van der Waals surface area contributed by atoms with Crippen LogP contribution in [0.1, 0.15) is 6.42 Å². The second-order valence-corrected chi connectivity index (χ2v) is 5.40. The van der Waals surface area contributed by atoms with Gasteiger partial charge in [0, 0.05) is 34.3 Å². The number of fused-ring (bicyclic) bond motifs is 1. The third-order valence-corrected chi connectivity index (χ3v) is 3.90. The van der Waals surface area contributed by atoms with Gasteiger partial charge in [0.2, 0.25) is 0 Å². The molecule has 0 unspecified atom stereocenters. The highest BCUT2D eigenvalue weighted by molar-refractivity contribution is 6.33. The van der Waals surface area contributed by atoms with Crippen molar-refractivity contribution in [3.05, 3.63) is 76.7 Å². The maximum atomic E-state index is 12.9. The average molecular weight is 311 g/mol. The zero-order chi connectivity index (χ0) is 15.5. The lowest BCUT2D eigenvalue weighted by Crippen LogP contribution is -2.23. The summed E-state index contributed by atoms with van der Waals surface area (Å²) in [6.07, 6.45) is 4.20. The van der Waals surface area contributed by atoms with E-state index in [1.54, 1.807) is 22.9 Å². The normalized spacial score (nSPS) is 10.8. The highest BCUT2D eigenvalue weighted by Gasteiger charge is 2.13. The Balaban J connectivity index is 2.32. The molecule has 0 fully saturated rings.